The quantitative estimate of drug-likeness (QED) is 0.167. The highest BCUT2D eigenvalue weighted by Gasteiger charge is 2.52. The van der Waals surface area contributed by atoms with Gasteiger partial charge in [-0.2, -0.15) is 0 Å². The molecule has 61 heavy (non-hydrogen) atoms. The molecule has 10 aromatic carbocycles. The maximum absolute atomic E-state index is 6.78. The predicted molar refractivity (Wildman–Crippen MR) is 252 cm³/mol. The average molecular weight is 778 g/mol. The third kappa shape index (κ3) is 5.57. The number of hydrogen-bond donors (Lipinski definition) is 0. The number of fused-ring (bicyclic) bond motifs is 11. The smallest absolute Gasteiger partial charge is 0.132 e. The number of hydrogen-bond acceptors (Lipinski definition) is 2. The third-order valence-corrected chi connectivity index (χ3v) is 12.7. The zero-order valence-corrected chi connectivity index (χ0v) is 33.4. The first-order valence-electron chi connectivity index (χ1n) is 21.0. The summed E-state index contributed by atoms with van der Waals surface area (Å²) in [5, 5.41) is 2.41. The number of anilines is 3. The molecule has 1 spiro atoms. The van der Waals surface area contributed by atoms with Gasteiger partial charge in [-0.15, -0.1) is 0 Å². The molecule has 286 valence electrons. The van der Waals surface area contributed by atoms with Crippen LogP contribution in [0.3, 0.4) is 0 Å². The second-order valence-electron chi connectivity index (χ2n) is 16.0. The lowest BCUT2D eigenvalue weighted by Gasteiger charge is -2.40. The van der Waals surface area contributed by atoms with E-state index in [1.54, 1.807) is 0 Å². The molecule has 0 saturated carbocycles. The molecule has 0 amide bonds. The molecule has 1 unspecified atom stereocenters. The van der Waals surface area contributed by atoms with Crippen LogP contribution in [0.1, 0.15) is 22.3 Å². The number of benzene rings is 10. The molecule has 2 aliphatic rings. The van der Waals surface area contributed by atoms with Crippen LogP contribution >= 0.6 is 0 Å². The minimum absolute atomic E-state index is 0.568. The molecular weight excluding hydrogens is 739 g/mol. The Balaban J connectivity index is 0.990. The van der Waals surface area contributed by atoms with Gasteiger partial charge in [-0.25, -0.2) is 0 Å². The van der Waals surface area contributed by atoms with Crippen molar-refractivity contribution in [3.8, 4) is 56.0 Å². The van der Waals surface area contributed by atoms with Crippen molar-refractivity contribution in [2.45, 2.75) is 5.41 Å². The molecule has 2 heteroatoms. The van der Waals surface area contributed by atoms with Crippen LogP contribution in [0.5, 0.6) is 11.5 Å². The first-order valence-corrected chi connectivity index (χ1v) is 21.0. The van der Waals surface area contributed by atoms with Gasteiger partial charge in [0.15, 0.2) is 0 Å². The SMILES string of the molecule is c1ccc(-c2ccc(N(c3ccc(-c4ccccc4)cc3)c3ccc(-c4ccc5c(c4)C4(c6ccccc6Oc6ccc7ccccc7c64)c4ccccc4-5)cc3)cc2)cc1. The van der Waals surface area contributed by atoms with Crippen LogP contribution in [-0.2, 0) is 5.41 Å². The molecule has 10 aromatic rings. The van der Waals surface area contributed by atoms with Crippen molar-refractivity contribution >= 4 is 27.8 Å². The molecule has 0 N–H and O–H groups in total. The van der Waals surface area contributed by atoms with Gasteiger partial charge >= 0.3 is 0 Å². The summed E-state index contributed by atoms with van der Waals surface area (Å²) in [4.78, 5) is 2.35. The molecule has 1 heterocycles. The highest BCUT2D eigenvalue weighted by atomic mass is 16.5. The van der Waals surface area contributed by atoms with Crippen LogP contribution in [0.25, 0.3) is 55.3 Å². The summed E-state index contributed by atoms with van der Waals surface area (Å²) in [6.45, 7) is 0. The number of nitrogens with zero attached hydrogens (tertiary/aromatic N) is 1. The van der Waals surface area contributed by atoms with Crippen LogP contribution < -0.4 is 9.64 Å². The minimum atomic E-state index is -0.568. The summed E-state index contributed by atoms with van der Waals surface area (Å²) in [7, 11) is 0. The van der Waals surface area contributed by atoms with Gasteiger partial charge in [-0.3, -0.25) is 0 Å². The summed E-state index contributed by atoms with van der Waals surface area (Å²) < 4.78 is 6.78. The fourth-order valence-corrected chi connectivity index (χ4v) is 9.98. The fourth-order valence-electron chi connectivity index (χ4n) is 9.98. The van der Waals surface area contributed by atoms with Crippen molar-refractivity contribution in [1.29, 1.82) is 0 Å². The van der Waals surface area contributed by atoms with E-state index in [2.05, 4.69) is 241 Å². The molecule has 1 atom stereocenters. The maximum Gasteiger partial charge on any atom is 0.132 e. The van der Waals surface area contributed by atoms with E-state index >= 15 is 0 Å². The number of para-hydroxylation sites is 1. The van der Waals surface area contributed by atoms with Crippen LogP contribution in [0.2, 0.25) is 0 Å². The Labute approximate surface area is 356 Å². The zero-order chi connectivity index (χ0) is 40.3. The lowest BCUT2D eigenvalue weighted by molar-refractivity contribution is 0.438. The summed E-state index contributed by atoms with van der Waals surface area (Å²) in [6.07, 6.45) is 0. The number of ether oxygens (including phenoxy) is 1. The molecule has 0 saturated heterocycles. The second kappa shape index (κ2) is 14.1. The van der Waals surface area contributed by atoms with Crippen molar-refractivity contribution in [2.75, 3.05) is 4.90 Å². The average Bonchev–Trinajstić information content (AvgIpc) is 3.62. The highest BCUT2D eigenvalue weighted by Crippen LogP contribution is 2.63. The van der Waals surface area contributed by atoms with Crippen molar-refractivity contribution in [1.82, 2.24) is 0 Å². The maximum atomic E-state index is 6.78. The van der Waals surface area contributed by atoms with Gasteiger partial charge in [-0.05, 0) is 121 Å². The van der Waals surface area contributed by atoms with Crippen LogP contribution in [-0.4, -0.2) is 0 Å². The van der Waals surface area contributed by atoms with Crippen LogP contribution in [0, 0.1) is 0 Å². The van der Waals surface area contributed by atoms with Crippen LogP contribution in [0.15, 0.2) is 237 Å². The Bertz CT molecular complexity index is 3160. The van der Waals surface area contributed by atoms with Gasteiger partial charge in [0.05, 0.1) is 5.41 Å². The summed E-state index contributed by atoms with van der Waals surface area (Å²) in [5.41, 5.74) is 17.3. The Hall–Kier alpha value is -7.94. The predicted octanol–water partition coefficient (Wildman–Crippen LogP) is 15.8. The van der Waals surface area contributed by atoms with E-state index in [1.165, 1.54) is 72.0 Å². The summed E-state index contributed by atoms with van der Waals surface area (Å²) in [6, 6.07) is 85.7. The van der Waals surface area contributed by atoms with Gasteiger partial charge in [0.25, 0.3) is 0 Å². The van der Waals surface area contributed by atoms with Crippen molar-refractivity contribution < 1.29 is 4.74 Å². The standard InChI is InChI=1S/C59H39NO/c1-3-13-40(14-4-1)42-23-31-47(32-24-42)60(48-33-25-43(26-34-48)41-15-5-2-6-16-41)49-35-27-44(28-36-49)46-29-37-52-51-19-9-10-20-53(51)59(55(52)39-46)54-21-11-12-22-56(54)61-57-38-30-45-17-7-8-18-50(45)58(57)59/h1-39H. The van der Waals surface area contributed by atoms with Crippen LogP contribution in [0.4, 0.5) is 17.1 Å². The van der Waals surface area contributed by atoms with E-state index in [1.807, 2.05) is 0 Å². The number of rotatable bonds is 6. The molecule has 12 rings (SSSR count). The largest absolute Gasteiger partial charge is 0.457 e. The molecule has 0 fully saturated rings. The van der Waals surface area contributed by atoms with Gasteiger partial charge in [0.2, 0.25) is 0 Å². The minimum Gasteiger partial charge on any atom is -0.457 e. The lowest BCUT2D eigenvalue weighted by Crippen LogP contribution is -2.32. The van der Waals surface area contributed by atoms with E-state index in [9.17, 15) is 0 Å². The van der Waals surface area contributed by atoms with Crippen molar-refractivity contribution in [2.24, 2.45) is 0 Å². The molecule has 1 aliphatic heterocycles. The topological polar surface area (TPSA) is 12.5 Å². The van der Waals surface area contributed by atoms with E-state index in [0.29, 0.717) is 0 Å². The van der Waals surface area contributed by atoms with E-state index < -0.39 is 5.41 Å². The summed E-state index contributed by atoms with van der Waals surface area (Å²) >= 11 is 0. The third-order valence-electron chi connectivity index (χ3n) is 12.7. The van der Waals surface area contributed by atoms with Gasteiger partial charge in [0.1, 0.15) is 11.5 Å². The second-order valence-corrected chi connectivity index (χ2v) is 16.0. The molecule has 2 nitrogen and oxygen atoms in total. The first-order chi connectivity index (χ1) is 30.2. The van der Waals surface area contributed by atoms with E-state index in [4.69, 9.17) is 4.74 Å². The van der Waals surface area contributed by atoms with Gasteiger partial charge < -0.3 is 9.64 Å². The molecule has 0 bridgehead atoms. The normalized spacial score (nSPS) is 14.4. The zero-order valence-electron chi connectivity index (χ0n) is 33.4. The Morgan fingerprint density at radius 1 is 0.311 bits per heavy atom. The van der Waals surface area contributed by atoms with Crippen molar-refractivity contribution in [3.05, 3.63) is 259 Å². The monoisotopic (exact) mass is 777 g/mol. The fraction of sp³-hybridized carbons (Fsp3) is 0.0169. The van der Waals surface area contributed by atoms with Gasteiger partial charge in [-0.1, -0.05) is 182 Å². The van der Waals surface area contributed by atoms with Gasteiger partial charge in [0, 0.05) is 28.2 Å². The Kier molecular flexibility index (Phi) is 8.11. The molecular formula is C59H39NO. The van der Waals surface area contributed by atoms with E-state index in [-0.39, 0.29) is 0 Å². The lowest BCUT2D eigenvalue weighted by atomic mass is 9.64. The molecule has 0 aromatic heterocycles. The van der Waals surface area contributed by atoms with Crippen molar-refractivity contribution in [3.63, 3.8) is 0 Å². The molecule has 0 radical (unpaired) electrons. The molecule has 1 aliphatic carbocycles. The summed E-state index contributed by atoms with van der Waals surface area (Å²) in [5.74, 6) is 1.81. The first kappa shape index (κ1) is 35.0. The highest BCUT2D eigenvalue weighted by molar-refractivity contribution is 5.98. The Morgan fingerprint density at radius 2 is 0.787 bits per heavy atom. The van der Waals surface area contributed by atoms with E-state index in [0.717, 1.165) is 34.1 Å². The Morgan fingerprint density at radius 3 is 1.43 bits per heavy atom.